The maximum atomic E-state index is 11.5. The van der Waals surface area contributed by atoms with Crippen LogP contribution in [0, 0.1) is 12.8 Å². The van der Waals surface area contributed by atoms with Gasteiger partial charge in [-0.15, -0.1) is 12.4 Å². The number of nitrogens with one attached hydrogen (secondary N) is 1. The van der Waals surface area contributed by atoms with Crippen LogP contribution in [0.5, 0.6) is 0 Å². The summed E-state index contributed by atoms with van der Waals surface area (Å²) in [5.41, 5.74) is 6.17. The molecule has 0 bridgehead atoms. The Hall–Kier alpha value is -1.07. The molecule has 0 spiro atoms. The Morgan fingerprint density at radius 3 is 2.94 bits per heavy atom. The quantitative estimate of drug-likeness (QED) is 0.825. The highest BCUT2D eigenvalue weighted by Crippen LogP contribution is 2.31. The van der Waals surface area contributed by atoms with Crippen LogP contribution in [-0.4, -0.2) is 23.7 Å². The number of rotatable bonds is 4. The van der Waals surface area contributed by atoms with Crippen LogP contribution >= 0.6 is 12.4 Å². The van der Waals surface area contributed by atoms with E-state index in [1.165, 1.54) is 12.8 Å². The molecule has 1 aromatic rings. The molecule has 0 aromatic carbocycles. The Labute approximate surface area is 100 Å². The van der Waals surface area contributed by atoms with E-state index in [2.05, 4.69) is 10.5 Å². The van der Waals surface area contributed by atoms with Crippen molar-refractivity contribution in [3.8, 4) is 0 Å². The molecule has 5 nitrogen and oxygen atoms in total. The Morgan fingerprint density at radius 1 is 1.75 bits per heavy atom. The van der Waals surface area contributed by atoms with Crippen molar-refractivity contribution in [2.75, 3.05) is 6.54 Å². The number of nitrogens with two attached hydrogens (primary N) is 1. The molecular formula is C10H16ClN3O2. The Kier molecular flexibility index (Phi) is 4.32. The summed E-state index contributed by atoms with van der Waals surface area (Å²) >= 11 is 0. The van der Waals surface area contributed by atoms with Crippen molar-refractivity contribution in [2.45, 2.75) is 25.8 Å². The van der Waals surface area contributed by atoms with E-state index < -0.39 is 0 Å². The van der Waals surface area contributed by atoms with E-state index in [0.717, 1.165) is 0 Å². The highest BCUT2D eigenvalue weighted by molar-refractivity contribution is 5.92. The van der Waals surface area contributed by atoms with Crippen molar-refractivity contribution < 1.29 is 9.32 Å². The number of nitrogens with zero attached hydrogens (tertiary/aromatic N) is 1. The number of aryl methyl sites for hydroxylation is 1. The molecule has 1 saturated carbocycles. The van der Waals surface area contributed by atoms with Gasteiger partial charge in [-0.2, -0.15) is 0 Å². The predicted molar refractivity (Wildman–Crippen MR) is 61.5 cm³/mol. The van der Waals surface area contributed by atoms with Crippen LogP contribution in [-0.2, 0) is 0 Å². The molecule has 16 heavy (non-hydrogen) atoms. The molecule has 2 rings (SSSR count). The third kappa shape index (κ3) is 3.21. The minimum Gasteiger partial charge on any atom is -0.361 e. The first-order valence-corrected chi connectivity index (χ1v) is 5.14. The van der Waals surface area contributed by atoms with Crippen molar-refractivity contribution in [1.82, 2.24) is 10.5 Å². The zero-order valence-corrected chi connectivity index (χ0v) is 9.92. The van der Waals surface area contributed by atoms with Gasteiger partial charge in [0.2, 0.25) is 0 Å². The van der Waals surface area contributed by atoms with Gasteiger partial charge in [0.25, 0.3) is 5.91 Å². The van der Waals surface area contributed by atoms with Gasteiger partial charge < -0.3 is 15.6 Å². The fourth-order valence-electron chi connectivity index (χ4n) is 1.47. The maximum Gasteiger partial charge on any atom is 0.273 e. The Morgan fingerprint density at radius 2 is 2.44 bits per heavy atom. The fourth-order valence-corrected chi connectivity index (χ4v) is 1.47. The molecule has 1 atom stereocenters. The third-order valence-corrected chi connectivity index (χ3v) is 2.59. The molecule has 0 radical (unpaired) electrons. The van der Waals surface area contributed by atoms with E-state index in [1.807, 2.05) is 0 Å². The molecule has 1 aliphatic carbocycles. The van der Waals surface area contributed by atoms with Crippen molar-refractivity contribution in [2.24, 2.45) is 11.7 Å². The second-order valence-electron chi connectivity index (χ2n) is 4.03. The van der Waals surface area contributed by atoms with E-state index >= 15 is 0 Å². The first-order chi connectivity index (χ1) is 7.16. The first kappa shape index (κ1) is 13.0. The average Bonchev–Trinajstić information content (AvgIpc) is 2.97. The van der Waals surface area contributed by atoms with Gasteiger partial charge in [0.15, 0.2) is 5.69 Å². The topological polar surface area (TPSA) is 81.2 Å². The summed E-state index contributed by atoms with van der Waals surface area (Å²) in [5.74, 6) is 0.999. The minimum absolute atomic E-state index is 0. The SMILES string of the molecule is Cc1cc(C(=O)NCC(N)C2CC2)no1.Cl. The smallest absolute Gasteiger partial charge is 0.273 e. The normalized spacial score (nSPS) is 16.4. The summed E-state index contributed by atoms with van der Waals surface area (Å²) in [6.45, 7) is 2.26. The summed E-state index contributed by atoms with van der Waals surface area (Å²) in [4.78, 5) is 11.5. The van der Waals surface area contributed by atoms with Gasteiger partial charge in [0, 0.05) is 18.7 Å². The molecule has 1 aromatic heterocycles. The van der Waals surface area contributed by atoms with E-state index in [0.29, 0.717) is 23.9 Å². The molecule has 1 aliphatic rings. The summed E-state index contributed by atoms with van der Waals surface area (Å²) in [5, 5.41) is 6.37. The van der Waals surface area contributed by atoms with E-state index in [1.54, 1.807) is 13.0 Å². The predicted octanol–water partition coefficient (Wildman–Crippen LogP) is 0.872. The Bertz CT molecular complexity index is 363. The molecule has 3 N–H and O–H groups in total. The average molecular weight is 246 g/mol. The molecule has 0 saturated heterocycles. The van der Waals surface area contributed by atoms with Crippen LogP contribution in [0.15, 0.2) is 10.6 Å². The van der Waals surface area contributed by atoms with Crippen molar-refractivity contribution >= 4 is 18.3 Å². The molecule has 1 amide bonds. The number of hydrogen-bond acceptors (Lipinski definition) is 4. The lowest BCUT2D eigenvalue weighted by molar-refractivity contribution is 0.0941. The zero-order valence-electron chi connectivity index (χ0n) is 9.10. The van der Waals surface area contributed by atoms with E-state index in [4.69, 9.17) is 10.3 Å². The van der Waals surface area contributed by atoms with E-state index in [9.17, 15) is 4.79 Å². The van der Waals surface area contributed by atoms with Gasteiger partial charge in [-0.05, 0) is 25.7 Å². The Balaban J connectivity index is 0.00000128. The van der Waals surface area contributed by atoms with Gasteiger partial charge >= 0.3 is 0 Å². The number of aromatic nitrogens is 1. The number of carbonyl (C=O) groups is 1. The molecule has 6 heteroatoms. The molecule has 1 heterocycles. The third-order valence-electron chi connectivity index (χ3n) is 2.59. The van der Waals surface area contributed by atoms with Crippen molar-refractivity contribution in [1.29, 1.82) is 0 Å². The molecular weight excluding hydrogens is 230 g/mol. The van der Waals surface area contributed by atoms with Crippen molar-refractivity contribution in [3.63, 3.8) is 0 Å². The monoisotopic (exact) mass is 245 g/mol. The van der Waals surface area contributed by atoms with Gasteiger partial charge in [0.05, 0.1) is 0 Å². The lowest BCUT2D eigenvalue weighted by Crippen LogP contribution is -2.38. The standard InChI is InChI=1S/C10H15N3O2.ClH/c1-6-4-9(13-15-6)10(14)12-5-8(11)7-2-3-7;/h4,7-8H,2-3,5,11H2,1H3,(H,12,14);1H. The van der Waals surface area contributed by atoms with Gasteiger partial charge in [-0.1, -0.05) is 5.16 Å². The minimum atomic E-state index is -0.219. The second-order valence-corrected chi connectivity index (χ2v) is 4.03. The van der Waals surface area contributed by atoms with Crippen LogP contribution in [0.25, 0.3) is 0 Å². The van der Waals surface area contributed by atoms with Gasteiger partial charge in [-0.25, -0.2) is 0 Å². The number of halogens is 1. The highest BCUT2D eigenvalue weighted by atomic mass is 35.5. The van der Waals surface area contributed by atoms with Gasteiger partial charge in [0.1, 0.15) is 5.76 Å². The summed E-state index contributed by atoms with van der Waals surface area (Å²) in [6.07, 6.45) is 2.36. The fraction of sp³-hybridized carbons (Fsp3) is 0.600. The second kappa shape index (κ2) is 5.32. The number of hydrogen-bond donors (Lipinski definition) is 2. The first-order valence-electron chi connectivity index (χ1n) is 5.14. The summed E-state index contributed by atoms with van der Waals surface area (Å²) < 4.78 is 4.81. The molecule has 0 aliphatic heterocycles. The summed E-state index contributed by atoms with van der Waals surface area (Å²) in [7, 11) is 0. The number of carbonyl (C=O) groups excluding carboxylic acids is 1. The zero-order chi connectivity index (χ0) is 10.8. The van der Waals surface area contributed by atoms with E-state index in [-0.39, 0.29) is 24.4 Å². The van der Waals surface area contributed by atoms with Crippen LogP contribution in [0.2, 0.25) is 0 Å². The van der Waals surface area contributed by atoms with Crippen molar-refractivity contribution in [3.05, 3.63) is 17.5 Å². The molecule has 1 unspecified atom stereocenters. The lowest BCUT2D eigenvalue weighted by atomic mass is 10.2. The maximum absolute atomic E-state index is 11.5. The number of amides is 1. The lowest BCUT2D eigenvalue weighted by Gasteiger charge is -2.09. The van der Waals surface area contributed by atoms with Gasteiger partial charge in [-0.3, -0.25) is 4.79 Å². The highest BCUT2D eigenvalue weighted by Gasteiger charge is 2.28. The van der Waals surface area contributed by atoms with Crippen LogP contribution in [0.3, 0.4) is 0 Å². The van der Waals surface area contributed by atoms with Crippen LogP contribution in [0.1, 0.15) is 29.1 Å². The molecule has 1 fully saturated rings. The molecule has 90 valence electrons. The summed E-state index contributed by atoms with van der Waals surface area (Å²) in [6, 6.07) is 1.68. The van der Waals surface area contributed by atoms with Crippen LogP contribution in [0.4, 0.5) is 0 Å². The van der Waals surface area contributed by atoms with Crippen LogP contribution < -0.4 is 11.1 Å². The largest absolute Gasteiger partial charge is 0.361 e.